The third kappa shape index (κ3) is 10.1. The fourth-order valence-electron chi connectivity index (χ4n) is 5.64. The molecule has 1 aromatic heterocycles. The number of unbranched alkanes of at least 4 members (excludes halogenated alkanes) is 12. The molecule has 3 rings (SSSR count). The van der Waals surface area contributed by atoms with Gasteiger partial charge in [-0.1, -0.05) is 121 Å². The van der Waals surface area contributed by atoms with Crippen molar-refractivity contribution in [1.82, 2.24) is 9.97 Å². The van der Waals surface area contributed by atoms with Crippen molar-refractivity contribution in [2.24, 2.45) is 5.92 Å². The highest BCUT2D eigenvalue weighted by atomic mass is 35.5. The molecule has 0 N–H and O–H groups in total. The summed E-state index contributed by atoms with van der Waals surface area (Å²) in [6.45, 7) is 2.30. The van der Waals surface area contributed by atoms with Crippen LogP contribution in [-0.2, 0) is 0 Å². The second-order valence-electron chi connectivity index (χ2n) is 10.6. The molecule has 1 saturated carbocycles. The molecule has 1 heterocycles. The summed E-state index contributed by atoms with van der Waals surface area (Å²) in [6.07, 6.45) is 29.4. The minimum absolute atomic E-state index is 0.302. The van der Waals surface area contributed by atoms with E-state index in [-0.39, 0.29) is 0 Å². The Morgan fingerprint density at radius 3 is 1.68 bits per heavy atom. The van der Waals surface area contributed by atoms with Gasteiger partial charge in [0.2, 0.25) is 5.28 Å². The van der Waals surface area contributed by atoms with Crippen LogP contribution in [-0.4, -0.2) is 9.97 Å². The van der Waals surface area contributed by atoms with Crippen LogP contribution in [0, 0.1) is 5.92 Å². The molecule has 0 atom stereocenters. The molecular formula is C31H47ClN2. The maximum atomic E-state index is 5.81. The van der Waals surface area contributed by atoms with Crippen LogP contribution in [0.25, 0.3) is 11.1 Å². The third-order valence-electron chi connectivity index (χ3n) is 7.90. The van der Waals surface area contributed by atoms with Crippen LogP contribution in [0.3, 0.4) is 0 Å². The smallest absolute Gasteiger partial charge is 0.222 e. The topological polar surface area (TPSA) is 25.8 Å². The molecule has 1 aliphatic carbocycles. The van der Waals surface area contributed by atoms with Gasteiger partial charge in [-0.15, -0.1) is 0 Å². The Morgan fingerprint density at radius 1 is 0.647 bits per heavy atom. The van der Waals surface area contributed by atoms with Gasteiger partial charge < -0.3 is 0 Å². The fourth-order valence-corrected chi connectivity index (χ4v) is 5.74. The standard InChI is InChI=1S/C31H47ClN2/c1-2-3-4-5-6-7-8-9-10-11-12-13-14-15-26-16-18-27(19-17-26)28-20-22-29(23-21-28)30-24-33-31(32)34-25-30/h20-27H,2-19H2,1H3/t26-,27-. The maximum absolute atomic E-state index is 5.81. The summed E-state index contributed by atoms with van der Waals surface area (Å²) in [5, 5.41) is 0.302. The van der Waals surface area contributed by atoms with E-state index in [1.165, 1.54) is 121 Å². The van der Waals surface area contributed by atoms with Gasteiger partial charge in [0.05, 0.1) is 0 Å². The molecule has 0 saturated heterocycles. The first kappa shape index (κ1) is 27.2. The molecule has 0 amide bonds. The molecule has 3 heteroatoms. The number of aromatic nitrogens is 2. The predicted octanol–water partition coefficient (Wildman–Crippen LogP) is 10.6. The molecule has 1 aliphatic rings. The first-order valence-electron chi connectivity index (χ1n) is 14.3. The summed E-state index contributed by atoms with van der Waals surface area (Å²) >= 11 is 5.81. The zero-order chi connectivity index (χ0) is 23.8. The van der Waals surface area contributed by atoms with E-state index in [0.717, 1.165) is 23.0 Å². The molecule has 34 heavy (non-hydrogen) atoms. The summed E-state index contributed by atoms with van der Waals surface area (Å²) in [6, 6.07) is 9.03. The van der Waals surface area contributed by atoms with Gasteiger partial charge in [0.15, 0.2) is 0 Å². The van der Waals surface area contributed by atoms with Gasteiger partial charge in [0.25, 0.3) is 0 Å². The summed E-state index contributed by atoms with van der Waals surface area (Å²) in [5.74, 6) is 1.70. The third-order valence-corrected chi connectivity index (χ3v) is 8.09. The number of halogens is 1. The molecule has 1 aromatic carbocycles. The molecule has 0 bridgehead atoms. The van der Waals surface area contributed by atoms with E-state index in [2.05, 4.69) is 41.2 Å². The van der Waals surface area contributed by atoms with E-state index in [1.54, 1.807) is 12.4 Å². The van der Waals surface area contributed by atoms with E-state index in [0.29, 0.717) is 5.28 Å². The van der Waals surface area contributed by atoms with Crippen molar-refractivity contribution in [3.8, 4) is 11.1 Å². The lowest BCUT2D eigenvalue weighted by Gasteiger charge is -2.29. The van der Waals surface area contributed by atoms with E-state index in [1.807, 2.05) is 0 Å². The number of hydrogen-bond acceptors (Lipinski definition) is 2. The zero-order valence-electron chi connectivity index (χ0n) is 21.6. The second-order valence-corrected chi connectivity index (χ2v) is 10.9. The minimum atomic E-state index is 0.302. The Bertz CT molecular complexity index is 763. The molecule has 1 fully saturated rings. The van der Waals surface area contributed by atoms with Crippen molar-refractivity contribution in [3.63, 3.8) is 0 Å². The Balaban J connectivity index is 1.20. The SMILES string of the molecule is CCCCCCCCCCCCCCC[C@H]1CC[C@H](c2ccc(-c3cnc(Cl)nc3)cc2)CC1. The van der Waals surface area contributed by atoms with Crippen LogP contribution in [0.5, 0.6) is 0 Å². The van der Waals surface area contributed by atoms with Gasteiger partial charge >= 0.3 is 0 Å². The number of nitrogens with zero attached hydrogens (tertiary/aromatic N) is 2. The molecule has 2 nitrogen and oxygen atoms in total. The number of rotatable bonds is 16. The van der Waals surface area contributed by atoms with Crippen LogP contribution in [0.1, 0.15) is 134 Å². The molecule has 2 aromatic rings. The lowest BCUT2D eigenvalue weighted by atomic mass is 9.77. The first-order valence-corrected chi connectivity index (χ1v) is 14.7. The Kier molecular flexibility index (Phi) is 13.0. The van der Waals surface area contributed by atoms with Gasteiger partial charge in [0, 0.05) is 18.0 Å². The van der Waals surface area contributed by atoms with Gasteiger partial charge in [-0.05, 0) is 60.2 Å². The van der Waals surface area contributed by atoms with Gasteiger partial charge in [-0.3, -0.25) is 0 Å². The minimum Gasteiger partial charge on any atom is -0.226 e. The highest BCUT2D eigenvalue weighted by Crippen LogP contribution is 2.38. The molecule has 0 aliphatic heterocycles. The summed E-state index contributed by atoms with van der Waals surface area (Å²) in [5.41, 5.74) is 3.69. The normalized spacial score (nSPS) is 18.3. The highest BCUT2D eigenvalue weighted by molar-refractivity contribution is 6.28. The molecule has 0 spiro atoms. The molecular weight excluding hydrogens is 436 g/mol. The van der Waals surface area contributed by atoms with E-state index >= 15 is 0 Å². The molecule has 0 unspecified atom stereocenters. The molecule has 188 valence electrons. The average molecular weight is 483 g/mol. The van der Waals surface area contributed by atoms with Gasteiger partial charge in [-0.2, -0.15) is 0 Å². The quantitative estimate of drug-likeness (QED) is 0.175. The highest BCUT2D eigenvalue weighted by Gasteiger charge is 2.22. The van der Waals surface area contributed by atoms with Crippen LogP contribution < -0.4 is 0 Å². The second kappa shape index (κ2) is 16.3. The number of benzene rings is 1. The monoisotopic (exact) mass is 482 g/mol. The van der Waals surface area contributed by atoms with E-state index in [9.17, 15) is 0 Å². The van der Waals surface area contributed by atoms with E-state index < -0.39 is 0 Å². The Hall–Kier alpha value is -1.41. The largest absolute Gasteiger partial charge is 0.226 e. The van der Waals surface area contributed by atoms with Crippen LogP contribution in [0.2, 0.25) is 5.28 Å². The van der Waals surface area contributed by atoms with E-state index in [4.69, 9.17) is 11.6 Å². The lowest BCUT2D eigenvalue weighted by Crippen LogP contribution is -2.13. The molecule has 0 radical (unpaired) electrons. The summed E-state index contributed by atoms with van der Waals surface area (Å²) in [4.78, 5) is 8.19. The van der Waals surface area contributed by atoms with Crippen LogP contribution in [0.15, 0.2) is 36.7 Å². The van der Waals surface area contributed by atoms with Gasteiger partial charge in [-0.25, -0.2) is 9.97 Å². The van der Waals surface area contributed by atoms with Gasteiger partial charge in [0.1, 0.15) is 0 Å². The maximum Gasteiger partial charge on any atom is 0.222 e. The zero-order valence-corrected chi connectivity index (χ0v) is 22.4. The number of hydrogen-bond donors (Lipinski definition) is 0. The van der Waals surface area contributed by atoms with Crippen molar-refractivity contribution in [1.29, 1.82) is 0 Å². The predicted molar refractivity (Wildman–Crippen MR) is 147 cm³/mol. The van der Waals surface area contributed by atoms with Crippen molar-refractivity contribution in [3.05, 3.63) is 47.5 Å². The average Bonchev–Trinajstić information content (AvgIpc) is 2.88. The Labute approximate surface area is 214 Å². The van der Waals surface area contributed by atoms with Crippen molar-refractivity contribution >= 4 is 11.6 Å². The first-order chi connectivity index (χ1) is 16.8. The van der Waals surface area contributed by atoms with Crippen molar-refractivity contribution < 1.29 is 0 Å². The van der Waals surface area contributed by atoms with Crippen LogP contribution in [0.4, 0.5) is 0 Å². The lowest BCUT2D eigenvalue weighted by molar-refractivity contribution is 0.301. The fraction of sp³-hybridized carbons (Fsp3) is 0.677. The summed E-state index contributed by atoms with van der Waals surface area (Å²) in [7, 11) is 0. The van der Waals surface area contributed by atoms with Crippen molar-refractivity contribution in [2.45, 2.75) is 128 Å². The van der Waals surface area contributed by atoms with Crippen LogP contribution >= 0.6 is 11.6 Å². The van der Waals surface area contributed by atoms with Crippen molar-refractivity contribution in [2.75, 3.05) is 0 Å². The Morgan fingerprint density at radius 2 is 1.15 bits per heavy atom. The summed E-state index contributed by atoms with van der Waals surface area (Å²) < 4.78 is 0.